The molecule has 1 aliphatic heterocycles. The second kappa shape index (κ2) is 7.36. The second-order valence-electron chi connectivity index (χ2n) is 6.37. The molecule has 2 aromatic heterocycles. The molecular weight excluding hydrogens is 344 g/mol. The minimum atomic E-state index is 0.359. The molecule has 1 aromatic carbocycles. The van der Waals surface area contributed by atoms with Gasteiger partial charge in [-0.15, -0.1) is 11.8 Å². The summed E-state index contributed by atoms with van der Waals surface area (Å²) in [5.41, 5.74) is 3.53. The highest BCUT2D eigenvalue weighted by atomic mass is 32.2. The van der Waals surface area contributed by atoms with Crippen molar-refractivity contribution < 1.29 is 0 Å². The summed E-state index contributed by atoms with van der Waals surface area (Å²) in [6.45, 7) is 2.02. The van der Waals surface area contributed by atoms with E-state index in [4.69, 9.17) is 10.2 Å². The number of nitriles is 1. The van der Waals surface area contributed by atoms with E-state index in [-0.39, 0.29) is 0 Å². The van der Waals surface area contributed by atoms with Crippen LogP contribution in [0, 0.1) is 11.3 Å². The van der Waals surface area contributed by atoms with Crippen LogP contribution < -0.4 is 10.6 Å². The molecule has 0 unspecified atom stereocenters. The van der Waals surface area contributed by atoms with Crippen molar-refractivity contribution in [3.8, 4) is 17.3 Å². The Labute approximate surface area is 156 Å². The third-order valence-corrected chi connectivity index (χ3v) is 5.41. The first-order valence-electron chi connectivity index (χ1n) is 8.68. The Balaban J connectivity index is 1.72. The molecule has 132 valence electrons. The molecule has 0 radical (unpaired) electrons. The lowest BCUT2D eigenvalue weighted by atomic mass is 10.1. The van der Waals surface area contributed by atoms with Crippen LogP contribution in [0.2, 0.25) is 0 Å². The van der Waals surface area contributed by atoms with Gasteiger partial charge in [-0.05, 0) is 37.8 Å². The Hall–Kier alpha value is -2.56. The molecule has 0 saturated carbocycles. The number of nitrogens with one attached hydrogen (secondary N) is 3. The van der Waals surface area contributed by atoms with Crippen LogP contribution in [0.5, 0.6) is 0 Å². The summed E-state index contributed by atoms with van der Waals surface area (Å²) in [4.78, 5) is 13.6. The lowest BCUT2D eigenvalue weighted by Gasteiger charge is -2.24. The Morgan fingerprint density at radius 2 is 2.31 bits per heavy atom. The van der Waals surface area contributed by atoms with E-state index in [9.17, 15) is 0 Å². The average Bonchev–Trinajstić information content (AvgIpc) is 3.11. The van der Waals surface area contributed by atoms with Gasteiger partial charge in [-0.3, -0.25) is 0 Å². The van der Waals surface area contributed by atoms with Crippen molar-refractivity contribution in [1.29, 1.82) is 5.26 Å². The highest BCUT2D eigenvalue weighted by Crippen LogP contribution is 2.34. The Kier molecular flexibility index (Phi) is 4.78. The number of hydrogen-bond donors (Lipinski definition) is 3. The van der Waals surface area contributed by atoms with Gasteiger partial charge in [0, 0.05) is 41.4 Å². The molecular formula is C19H20N6S. The molecule has 3 heterocycles. The number of fused-ring (bicyclic) bond motifs is 1. The van der Waals surface area contributed by atoms with E-state index in [0.717, 1.165) is 53.0 Å². The number of nitrogens with zero attached hydrogens (tertiary/aromatic N) is 3. The molecule has 1 aliphatic rings. The zero-order chi connectivity index (χ0) is 17.9. The number of aromatic nitrogens is 3. The quantitative estimate of drug-likeness (QED) is 0.615. The summed E-state index contributed by atoms with van der Waals surface area (Å²) < 4.78 is 0. The van der Waals surface area contributed by atoms with Crippen molar-refractivity contribution in [2.24, 2.45) is 0 Å². The smallest absolute Gasteiger partial charge is 0.223 e. The number of aromatic amines is 1. The van der Waals surface area contributed by atoms with Gasteiger partial charge in [0.05, 0.1) is 22.2 Å². The molecule has 26 heavy (non-hydrogen) atoms. The van der Waals surface area contributed by atoms with E-state index in [1.807, 2.05) is 36.8 Å². The molecule has 0 amide bonds. The third-order valence-electron chi connectivity index (χ3n) is 4.67. The van der Waals surface area contributed by atoms with E-state index in [0.29, 0.717) is 17.6 Å². The summed E-state index contributed by atoms with van der Waals surface area (Å²) in [7, 11) is 0. The van der Waals surface area contributed by atoms with Crippen LogP contribution in [0.3, 0.4) is 0 Å². The fourth-order valence-electron chi connectivity index (χ4n) is 3.33. The SMILES string of the molecule is CSc1cnc(N[C@H]2CCCNC2)nc1-c1c[nH]c2cc(C#N)ccc12. The molecule has 1 saturated heterocycles. The van der Waals surface area contributed by atoms with E-state index in [2.05, 4.69) is 26.7 Å². The first-order chi connectivity index (χ1) is 12.8. The van der Waals surface area contributed by atoms with Gasteiger partial charge in [0.2, 0.25) is 5.95 Å². The molecule has 1 atom stereocenters. The maximum atomic E-state index is 9.09. The van der Waals surface area contributed by atoms with Crippen molar-refractivity contribution >= 4 is 28.6 Å². The normalized spacial score (nSPS) is 17.2. The van der Waals surface area contributed by atoms with Crippen LogP contribution in [0.1, 0.15) is 18.4 Å². The number of benzene rings is 1. The molecule has 4 rings (SSSR count). The zero-order valence-electron chi connectivity index (χ0n) is 14.5. The van der Waals surface area contributed by atoms with Crippen molar-refractivity contribution in [3.05, 3.63) is 36.2 Å². The van der Waals surface area contributed by atoms with E-state index in [1.165, 1.54) is 0 Å². The fourth-order valence-corrected chi connectivity index (χ4v) is 3.84. The summed E-state index contributed by atoms with van der Waals surface area (Å²) in [5, 5.41) is 17.0. The molecule has 6 nitrogen and oxygen atoms in total. The maximum Gasteiger partial charge on any atom is 0.223 e. The maximum absolute atomic E-state index is 9.09. The van der Waals surface area contributed by atoms with Crippen LogP contribution in [-0.2, 0) is 0 Å². The highest BCUT2D eigenvalue weighted by Gasteiger charge is 2.17. The van der Waals surface area contributed by atoms with Crippen molar-refractivity contribution in [2.75, 3.05) is 24.7 Å². The summed E-state index contributed by atoms with van der Waals surface area (Å²) in [6, 6.07) is 8.22. The molecule has 1 fully saturated rings. The first-order valence-corrected chi connectivity index (χ1v) is 9.91. The van der Waals surface area contributed by atoms with Crippen LogP contribution in [0.4, 0.5) is 5.95 Å². The standard InChI is InChI=1S/C19H20N6S/c1-26-17-11-23-19(24-13-3-2-6-21-9-13)25-18(17)15-10-22-16-7-12(8-20)4-5-14(15)16/h4-5,7,10-11,13,21-22H,2-3,6,9H2,1H3,(H,23,24,25)/t13-/m0/s1. The van der Waals surface area contributed by atoms with Crippen LogP contribution in [0.25, 0.3) is 22.2 Å². The van der Waals surface area contributed by atoms with E-state index >= 15 is 0 Å². The Morgan fingerprint density at radius 1 is 1.38 bits per heavy atom. The highest BCUT2D eigenvalue weighted by molar-refractivity contribution is 7.98. The number of piperidine rings is 1. The number of anilines is 1. The van der Waals surface area contributed by atoms with Crippen LogP contribution in [0.15, 0.2) is 35.5 Å². The minimum Gasteiger partial charge on any atom is -0.360 e. The van der Waals surface area contributed by atoms with Gasteiger partial charge in [-0.25, -0.2) is 9.97 Å². The molecule has 0 bridgehead atoms. The lowest BCUT2D eigenvalue weighted by molar-refractivity contribution is 0.478. The van der Waals surface area contributed by atoms with Gasteiger partial charge in [0.1, 0.15) is 0 Å². The van der Waals surface area contributed by atoms with Crippen molar-refractivity contribution in [1.82, 2.24) is 20.3 Å². The molecule has 3 aromatic rings. The lowest BCUT2D eigenvalue weighted by Crippen LogP contribution is -2.38. The zero-order valence-corrected chi connectivity index (χ0v) is 15.4. The Morgan fingerprint density at radius 3 is 3.08 bits per heavy atom. The predicted molar refractivity (Wildman–Crippen MR) is 105 cm³/mol. The van der Waals surface area contributed by atoms with Crippen molar-refractivity contribution in [3.63, 3.8) is 0 Å². The monoisotopic (exact) mass is 364 g/mol. The van der Waals surface area contributed by atoms with Crippen LogP contribution >= 0.6 is 11.8 Å². The van der Waals surface area contributed by atoms with Gasteiger partial charge < -0.3 is 15.6 Å². The largest absolute Gasteiger partial charge is 0.360 e. The van der Waals surface area contributed by atoms with Gasteiger partial charge in [0.25, 0.3) is 0 Å². The topological polar surface area (TPSA) is 89.4 Å². The summed E-state index contributed by atoms with van der Waals surface area (Å²) in [5.74, 6) is 0.662. The fraction of sp³-hybridized carbons (Fsp3) is 0.316. The Bertz CT molecular complexity index is 968. The number of H-pyrrole nitrogens is 1. The van der Waals surface area contributed by atoms with Gasteiger partial charge in [0.15, 0.2) is 0 Å². The second-order valence-corrected chi connectivity index (χ2v) is 7.22. The van der Waals surface area contributed by atoms with Crippen LogP contribution in [-0.4, -0.2) is 40.3 Å². The predicted octanol–water partition coefficient (Wildman–Crippen LogP) is 3.38. The van der Waals surface area contributed by atoms with Gasteiger partial charge in [-0.2, -0.15) is 5.26 Å². The van der Waals surface area contributed by atoms with Crippen molar-refractivity contribution in [2.45, 2.75) is 23.8 Å². The first kappa shape index (κ1) is 16.9. The molecule has 0 aliphatic carbocycles. The molecule has 3 N–H and O–H groups in total. The van der Waals surface area contributed by atoms with Gasteiger partial charge >= 0.3 is 0 Å². The van der Waals surface area contributed by atoms with Gasteiger partial charge in [-0.1, -0.05) is 6.07 Å². The number of thioether (sulfide) groups is 1. The summed E-state index contributed by atoms with van der Waals surface area (Å²) in [6.07, 6.45) is 8.16. The minimum absolute atomic E-state index is 0.359. The molecule has 7 heteroatoms. The molecule has 0 spiro atoms. The van der Waals surface area contributed by atoms with E-state index < -0.39 is 0 Å². The average molecular weight is 364 g/mol. The third kappa shape index (κ3) is 3.26. The number of rotatable bonds is 4. The number of hydrogen-bond acceptors (Lipinski definition) is 6. The van der Waals surface area contributed by atoms with E-state index in [1.54, 1.807) is 11.8 Å². The summed E-state index contributed by atoms with van der Waals surface area (Å²) >= 11 is 1.63.